The number of amides is 1. The molecular formula is C15H19ClN2O3. The molecule has 114 valence electrons. The van der Waals surface area contributed by atoms with Crippen molar-refractivity contribution < 1.29 is 14.7 Å². The van der Waals surface area contributed by atoms with Gasteiger partial charge in [-0.2, -0.15) is 0 Å². The molecule has 0 spiro atoms. The van der Waals surface area contributed by atoms with Crippen LogP contribution in [-0.4, -0.2) is 36.6 Å². The highest BCUT2D eigenvalue weighted by Gasteiger charge is 2.38. The lowest BCUT2D eigenvalue weighted by atomic mass is 9.79. The van der Waals surface area contributed by atoms with Gasteiger partial charge in [-0.15, -0.1) is 0 Å². The quantitative estimate of drug-likeness (QED) is 0.894. The van der Waals surface area contributed by atoms with Crippen LogP contribution in [0.2, 0.25) is 5.02 Å². The van der Waals surface area contributed by atoms with Gasteiger partial charge in [-0.25, -0.2) is 0 Å². The number of carbonyl (C=O) groups excluding carboxylic acids is 1. The predicted octanol–water partition coefficient (Wildman–Crippen LogP) is 2.15. The molecule has 0 radical (unpaired) electrons. The van der Waals surface area contributed by atoms with Crippen LogP contribution in [0.5, 0.6) is 0 Å². The van der Waals surface area contributed by atoms with E-state index in [0.29, 0.717) is 23.6 Å². The maximum absolute atomic E-state index is 12.9. The van der Waals surface area contributed by atoms with Crippen LogP contribution in [0.3, 0.4) is 0 Å². The van der Waals surface area contributed by atoms with Crippen molar-refractivity contribution in [3.63, 3.8) is 0 Å². The van der Waals surface area contributed by atoms with Crippen molar-refractivity contribution in [2.45, 2.75) is 19.8 Å². The zero-order valence-electron chi connectivity index (χ0n) is 11.9. The van der Waals surface area contributed by atoms with Gasteiger partial charge in [0.05, 0.1) is 0 Å². The number of rotatable bonds is 4. The molecule has 1 aromatic rings. The Morgan fingerprint density at radius 2 is 2.05 bits per heavy atom. The van der Waals surface area contributed by atoms with Crippen molar-refractivity contribution in [1.82, 2.24) is 5.32 Å². The minimum atomic E-state index is -1.04. The van der Waals surface area contributed by atoms with Gasteiger partial charge in [0.2, 0.25) is 5.91 Å². The van der Waals surface area contributed by atoms with Gasteiger partial charge in [-0.3, -0.25) is 9.59 Å². The van der Waals surface area contributed by atoms with Gasteiger partial charge in [-0.05, 0) is 44.1 Å². The first-order valence-electron chi connectivity index (χ1n) is 6.92. The zero-order valence-corrected chi connectivity index (χ0v) is 12.7. The van der Waals surface area contributed by atoms with E-state index in [1.807, 2.05) is 6.92 Å². The Labute approximate surface area is 128 Å². The maximum atomic E-state index is 12.9. The number of carboxylic acid groups (broad SMARTS) is 1. The molecule has 1 fully saturated rings. The molecule has 0 atom stereocenters. The second-order valence-corrected chi connectivity index (χ2v) is 6.01. The van der Waals surface area contributed by atoms with E-state index in [9.17, 15) is 9.59 Å². The third kappa shape index (κ3) is 3.74. The Morgan fingerprint density at radius 3 is 2.62 bits per heavy atom. The lowest BCUT2D eigenvalue weighted by Gasteiger charge is -2.37. The summed E-state index contributed by atoms with van der Waals surface area (Å²) in [5.41, 5.74) is -0.0158. The molecule has 0 aromatic heterocycles. The largest absolute Gasteiger partial charge is 0.480 e. The Bertz CT molecular complexity index is 541. The number of benzene rings is 1. The van der Waals surface area contributed by atoms with E-state index >= 15 is 0 Å². The van der Waals surface area contributed by atoms with Crippen LogP contribution in [-0.2, 0) is 9.59 Å². The number of aliphatic carboxylic acids is 1. The molecule has 0 aliphatic carbocycles. The summed E-state index contributed by atoms with van der Waals surface area (Å²) < 4.78 is 0. The van der Waals surface area contributed by atoms with Crippen molar-refractivity contribution in [3.8, 4) is 0 Å². The second kappa shape index (κ2) is 6.45. The fourth-order valence-corrected chi connectivity index (χ4v) is 2.76. The highest BCUT2D eigenvalue weighted by atomic mass is 35.5. The zero-order chi connectivity index (χ0) is 15.5. The lowest BCUT2D eigenvalue weighted by molar-refractivity contribution is -0.138. The third-order valence-electron chi connectivity index (χ3n) is 3.88. The van der Waals surface area contributed by atoms with Crippen molar-refractivity contribution in [3.05, 3.63) is 29.3 Å². The number of anilines is 1. The van der Waals surface area contributed by atoms with Gasteiger partial charge < -0.3 is 15.3 Å². The molecule has 0 bridgehead atoms. The fraction of sp³-hybridized carbons (Fsp3) is 0.467. The van der Waals surface area contributed by atoms with Gasteiger partial charge >= 0.3 is 5.97 Å². The number of halogens is 1. The SMILES string of the molecule is CC1(C(=O)N(CC(=O)O)c2cccc(Cl)c2)CCNCC1. The number of piperidine rings is 1. The molecule has 1 aliphatic rings. The molecule has 1 saturated heterocycles. The van der Waals surface area contributed by atoms with Crippen LogP contribution in [0.4, 0.5) is 5.69 Å². The molecule has 21 heavy (non-hydrogen) atoms. The summed E-state index contributed by atoms with van der Waals surface area (Å²) in [5, 5.41) is 12.8. The first-order chi connectivity index (χ1) is 9.92. The van der Waals surface area contributed by atoms with Gasteiger partial charge in [0.15, 0.2) is 0 Å². The van der Waals surface area contributed by atoms with E-state index < -0.39 is 11.4 Å². The number of nitrogens with one attached hydrogen (secondary N) is 1. The Hall–Kier alpha value is -1.59. The summed E-state index contributed by atoms with van der Waals surface area (Å²) in [5.74, 6) is -1.20. The molecule has 1 aromatic carbocycles. The highest BCUT2D eigenvalue weighted by molar-refractivity contribution is 6.31. The van der Waals surface area contributed by atoms with E-state index in [1.54, 1.807) is 24.3 Å². The van der Waals surface area contributed by atoms with Crippen molar-refractivity contribution in [2.75, 3.05) is 24.5 Å². The first kappa shape index (κ1) is 15.8. The monoisotopic (exact) mass is 310 g/mol. The van der Waals surface area contributed by atoms with Crippen molar-refractivity contribution in [1.29, 1.82) is 0 Å². The second-order valence-electron chi connectivity index (χ2n) is 5.58. The summed E-state index contributed by atoms with van der Waals surface area (Å²) >= 11 is 5.96. The molecular weight excluding hydrogens is 292 g/mol. The normalized spacial score (nSPS) is 17.2. The van der Waals surface area contributed by atoms with Crippen LogP contribution in [0, 0.1) is 5.41 Å². The van der Waals surface area contributed by atoms with E-state index in [2.05, 4.69) is 5.32 Å². The van der Waals surface area contributed by atoms with Crippen LogP contribution < -0.4 is 10.2 Å². The molecule has 6 heteroatoms. The van der Waals surface area contributed by atoms with Crippen LogP contribution in [0.15, 0.2) is 24.3 Å². The van der Waals surface area contributed by atoms with Crippen molar-refractivity contribution in [2.24, 2.45) is 5.41 Å². The number of hydrogen-bond donors (Lipinski definition) is 2. The fourth-order valence-electron chi connectivity index (χ4n) is 2.58. The predicted molar refractivity (Wildman–Crippen MR) is 81.7 cm³/mol. The van der Waals surface area contributed by atoms with E-state index in [-0.39, 0.29) is 12.5 Å². The molecule has 5 nitrogen and oxygen atoms in total. The summed E-state index contributed by atoms with van der Waals surface area (Å²) in [4.78, 5) is 25.3. The van der Waals surface area contributed by atoms with Gasteiger partial charge in [0.1, 0.15) is 6.54 Å². The first-order valence-corrected chi connectivity index (χ1v) is 7.30. The number of hydrogen-bond acceptors (Lipinski definition) is 3. The Kier molecular flexibility index (Phi) is 4.85. The summed E-state index contributed by atoms with van der Waals surface area (Å²) in [6.07, 6.45) is 1.39. The smallest absolute Gasteiger partial charge is 0.323 e. The Morgan fingerprint density at radius 1 is 1.38 bits per heavy atom. The molecule has 1 aliphatic heterocycles. The van der Waals surface area contributed by atoms with E-state index in [4.69, 9.17) is 16.7 Å². The Balaban J connectivity index is 2.31. The van der Waals surface area contributed by atoms with Gasteiger partial charge in [0, 0.05) is 16.1 Å². The number of nitrogens with zero attached hydrogens (tertiary/aromatic N) is 1. The van der Waals surface area contributed by atoms with Crippen molar-refractivity contribution >= 4 is 29.2 Å². The maximum Gasteiger partial charge on any atom is 0.323 e. The lowest BCUT2D eigenvalue weighted by Crippen LogP contribution is -2.49. The van der Waals surface area contributed by atoms with Crippen LogP contribution in [0.25, 0.3) is 0 Å². The number of carbonyl (C=O) groups is 2. The average Bonchev–Trinajstić information content (AvgIpc) is 2.44. The summed E-state index contributed by atoms with van der Waals surface area (Å²) in [6.45, 7) is 3.06. The third-order valence-corrected chi connectivity index (χ3v) is 4.12. The molecule has 2 rings (SSSR count). The number of carboxylic acids is 1. The molecule has 0 saturated carbocycles. The van der Waals surface area contributed by atoms with Gasteiger partial charge in [-0.1, -0.05) is 24.6 Å². The minimum absolute atomic E-state index is 0.159. The average molecular weight is 311 g/mol. The standard InChI is InChI=1S/C15H19ClN2O3/c1-15(5-7-17-8-6-15)14(21)18(10-13(19)20)12-4-2-3-11(16)9-12/h2-4,9,17H,5-8,10H2,1H3,(H,19,20). The summed E-state index contributed by atoms with van der Waals surface area (Å²) in [6, 6.07) is 6.73. The molecule has 1 amide bonds. The molecule has 2 N–H and O–H groups in total. The summed E-state index contributed by atoms with van der Waals surface area (Å²) in [7, 11) is 0. The van der Waals surface area contributed by atoms with Gasteiger partial charge in [0.25, 0.3) is 0 Å². The molecule has 1 heterocycles. The molecule has 0 unspecified atom stereocenters. The van der Waals surface area contributed by atoms with E-state index in [0.717, 1.165) is 13.1 Å². The van der Waals surface area contributed by atoms with Crippen LogP contribution in [0.1, 0.15) is 19.8 Å². The van der Waals surface area contributed by atoms with Crippen LogP contribution >= 0.6 is 11.6 Å². The minimum Gasteiger partial charge on any atom is -0.480 e. The topological polar surface area (TPSA) is 69.6 Å². The van der Waals surface area contributed by atoms with E-state index in [1.165, 1.54) is 4.90 Å². The highest BCUT2D eigenvalue weighted by Crippen LogP contribution is 2.33.